The lowest BCUT2D eigenvalue weighted by Gasteiger charge is -2.28. The van der Waals surface area contributed by atoms with E-state index < -0.39 is 18.1 Å². The van der Waals surface area contributed by atoms with Crippen LogP contribution in [0, 0.1) is 0 Å². The van der Waals surface area contributed by atoms with E-state index in [4.69, 9.17) is 4.74 Å². The van der Waals surface area contributed by atoms with Crippen molar-refractivity contribution in [1.29, 1.82) is 0 Å². The number of hydrogen-bond acceptors (Lipinski definition) is 2. The minimum Gasteiger partial charge on any atom is -0.475 e. The van der Waals surface area contributed by atoms with Gasteiger partial charge in [0.1, 0.15) is 5.75 Å². The van der Waals surface area contributed by atoms with E-state index in [0.717, 1.165) is 17.7 Å². The smallest absolute Gasteiger partial charge is 0.429 e. The summed E-state index contributed by atoms with van der Waals surface area (Å²) in [5.41, 5.74) is 0.115. The van der Waals surface area contributed by atoms with Gasteiger partial charge in [-0.25, -0.2) is 0 Å². The molecule has 1 aliphatic rings. The van der Waals surface area contributed by atoms with Gasteiger partial charge in [-0.1, -0.05) is 24.3 Å². The summed E-state index contributed by atoms with van der Waals surface area (Å²) < 4.78 is 44.2. The second kappa shape index (κ2) is 4.62. The first-order chi connectivity index (χ1) is 9.86. The summed E-state index contributed by atoms with van der Waals surface area (Å²) in [7, 11) is 0. The number of hydrogen-bond donors (Lipinski definition) is 0. The van der Waals surface area contributed by atoms with Gasteiger partial charge in [-0.15, -0.1) is 0 Å². The zero-order chi connectivity index (χ0) is 15.2. The number of carbonyl (C=O) groups excluding carboxylic acids is 1. The number of rotatable bonds is 1. The van der Waals surface area contributed by atoms with Gasteiger partial charge in [0.15, 0.2) is 5.78 Å². The van der Waals surface area contributed by atoms with E-state index in [1.807, 2.05) is 12.1 Å². The normalized spacial score (nSPS) is 17.9. The van der Waals surface area contributed by atoms with Gasteiger partial charge in [-0.3, -0.25) is 4.79 Å². The molecule has 0 spiro atoms. The minimum absolute atomic E-state index is 0.140. The molecule has 0 aromatic heterocycles. The fraction of sp³-hybridized carbons (Fsp3) is 0.188. The fourth-order valence-electron chi connectivity index (χ4n) is 2.41. The van der Waals surface area contributed by atoms with Crippen molar-refractivity contribution in [3.05, 3.63) is 47.5 Å². The molecule has 0 radical (unpaired) electrons. The molecule has 0 aliphatic carbocycles. The highest BCUT2D eigenvalue weighted by Crippen LogP contribution is 2.39. The number of benzene rings is 2. The molecule has 0 fully saturated rings. The molecule has 0 N–H and O–H groups in total. The van der Waals surface area contributed by atoms with Crippen LogP contribution in [0.15, 0.2) is 42.0 Å². The average Bonchev–Trinajstić information content (AvgIpc) is 2.42. The lowest BCUT2D eigenvalue weighted by molar-refractivity contribution is -0.184. The Morgan fingerprint density at radius 1 is 1.14 bits per heavy atom. The Kier molecular flexibility index (Phi) is 3.01. The Hall–Kier alpha value is -2.30. The van der Waals surface area contributed by atoms with E-state index >= 15 is 0 Å². The number of fused-ring (bicyclic) bond motifs is 2. The fourth-order valence-corrected chi connectivity index (χ4v) is 2.41. The van der Waals surface area contributed by atoms with Gasteiger partial charge in [0.05, 0.1) is 0 Å². The number of ether oxygens (including phenoxy) is 1. The van der Waals surface area contributed by atoms with E-state index in [-0.39, 0.29) is 11.3 Å². The van der Waals surface area contributed by atoms with E-state index in [0.29, 0.717) is 5.56 Å². The molecule has 108 valence electrons. The monoisotopic (exact) mass is 292 g/mol. The van der Waals surface area contributed by atoms with Crippen LogP contribution in [0.25, 0.3) is 16.8 Å². The molecule has 0 saturated heterocycles. The van der Waals surface area contributed by atoms with Crippen LogP contribution in [0.1, 0.15) is 12.5 Å². The third kappa shape index (κ3) is 2.39. The van der Waals surface area contributed by atoms with Gasteiger partial charge < -0.3 is 4.74 Å². The van der Waals surface area contributed by atoms with Crippen molar-refractivity contribution in [3.8, 4) is 5.75 Å². The molecular weight excluding hydrogens is 281 g/mol. The topological polar surface area (TPSA) is 26.3 Å². The van der Waals surface area contributed by atoms with Crippen molar-refractivity contribution in [3.63, 3.8) is 0 Å². The molecule has 2 aromatic carbocycles. The Balaban J connectivity index is 2.19. The predicted octanol–water partition coefficient (Wildman–Crippen LogP) is 4.14. The molecule has 2 aromatic rings. The first-order valence-corrected chi connectivity index (χ1v) is 6.35. The molecular formula is C16H11F3O2. The standard InChI is InChI=1S/C16H11F3O2/c1-9(20)13-7-12-6-10-4-2-3-5-11(10)8-14(12)21-15(13)16(17,18)19/h2-8,15H,1H3. The summed E-state index contributed by atoms with van der Waals surface area (Å²) >= 11 is 0. The number of alkyl halides is 3. The molecule has 1 aliphatic heterocycles. The highest BCUT2D eigenvalue weighted by Gasteiger charge is 2.47. The van der Waals surface area contributed by atoms with Crippen LogP contribution >= 0.6 is 0 Å². The van der Waals surface area contributed by atoms with E-state index in [1.54, 1.807) is 24.3 Å². The molecule has 1 heterocycles. The van der Waals surface area contributed by atoms with Crippen molar-refractivity contribution in [1.82, 2.24) is 0 Å². The van der Waals surface area contributed by atoms with E-state index in [1.165, 1.54) is 6.08 Å². The molecule has 3 rings (SSSR count). The summed E-state index contributed by atoms with van der Waals surface area (Å²) in [4.78, 5) is 11.5. The number of Topliss-reactive ketones (excluding diaryl/α,β-unsaturated/α-hetero) is 1. The average molecular weight is 292 g/mol. The Bertz CT molecular complexity index is 760. The van der Waals surface area contributed by atoms with Crippen LogP contribution in [0.5, 0.6) is 5.75 Å². The second-order valence-corrected chi connectivity index (χ2v) is 4.93. The summed E-state index contributed by atoms with van der Waals surface area (Å²) in [5.74, 6) is -0.503. The molecule has 0 amide bonds. The van der Waals surface area contributed by atoms with Crippen LogP contribution in [0.3, 0.4) is 0 Å². The zero-order valence-corrected chi connectivity index (χ0v) is 11.1. The van der Waals surface area contributed by atoms with E-state index in [9.17, 15) is 18.0 Å². The molecule has 1 atom stereocenters. The largest absolute Gasteiger partial charge is 0.475 e. The van der Waals surface area contributed by atoms with Crippen LogP contribution in [-0.2, 0) is 4.79 Å². The molecule has 1 unspecified atom stereocenters. The summed E-state index contributed by atoms with van der Waals surface area (Å²) in [6.07, 6.45) is -5.56. The van der Waals surface area contributed by atoms with Crippen molar-refractivity contribution in [2.24, 2.45) is 0 Å². The first kappa shape index (κ1) is 13.7. The highest BCUT2D eigenvalue weighted by molar-refractivity contribution is 6.01. The van der Waals surface area contributed by atoms with Crippen molar-refractivity contribution >= 4 is 22.6 Å². The molecule has 5 heteroatoms. The number of halogens is 3. The molecule has 21 heavy (non-hydrogen) atoms. The summed E-state index contributed by atoms with van der Waals surface area (Å²) in [5, 5.41) is 1.67. The quantitative estimate of drug-likeness (QED) is 0.789. The van der Waals surface area contributed by atoms with Crippen molar-refractivity contribution in [2.75, 3.05) is 0 Å². The third-order valence-electron chi connectivity index (χ3n) is 3.42. The summed E-state index contributed by atoms with van der Waals surface area (Å²) in [6.45, 7) is 1.11. The lowest BCUT2D eigenvalue weighted by Crippen LogP contribution is -2.39. The minimum atomic E-state index is -4.62. The molecule has 0 saturated carbocycles. The van der Waals surface area contributed by atoms with Crippen molar-refractivity contribution in [2.45, 2.75) is 19.2 Å². The Morgan fingerprint density at radius 3 is 2.33 bits per heavy atom. The van der Waals surface area contributed by atoms with Gasteiger partial charge in [0.25, 0.3) is 0 Å². The maximum absolute atomic E-state index is 13.0. The lowest BCUT2D eigenvalue weighted by atomic mass is 9.96. The number of ketones is 1. The van der Waals surface area contributed by atoms with Gasteiger partial charge >= 0.3 is 6.18 Å². The maximum Gasteiger partial charge on any atom is 0.429 e. The molecule has 2 nitrogen and oxygen atoms in total. The number of carbonyl (C=O) groups is 1. The SMILES string of the molecule is CC(=O)C1=Cc2cc3ccccc3cc2OC1C(F)(F)F. The van der Waals surface area contributed by atoms with Gasteiger partial charge in [0, 0.05) is 11.1 Å². The van der Waals surface area contributed by atoms with Crippen molar-refractivity contribution < 1.29 is 22.7 Å². The predicted molar refractivity (Wildman–Crippen MR) is 73.1 cm³/mol. The Morgan fingerprint density at radius 2 is 1.76 bits per heavy atom. The summed E-state index contributed by atoms with van der Waals surface area (Å²) in [6, 6.07) is 10.6. The molecule has 0 bridgehead atoms. The van der Waals surface area contributed by atoms with Crippen LogP contribution < -0.4 is 4.74 Å². The van der Waals surface area contributed by atoms with Crippen LogP contribution in [-0.4, -0.2) is 18.1 Å². The third-order valence-corrected chi connectivity index (χ3v) is 3.42. The highest BCUT2D eigenvalue weighted by atomic mass is 19.4. The first-order valence-electron chi connectivity index (χ1n) is 6.35. The maximum atomic E-state index is 13.0. The van der Waals surface area contributed by atoms with E-state index in [2.05, 4.69) is 0 Å². The Labute approximate surface area is 118 Å². The van der Waals surface area contributed by atoms with Crippen LogP contribution in [0.2, 0.25) is 0 Å². The zero-order valence-electron chi connectivity index (χ0n) is 11.1. The second-order valence-electron chi connectivity index (χ2n) is 4.93. The van der Waals surface area contributed by atoms with Gasteiger partial charge in [-0.05, 0) is 35.9 Å². The van der Waals surface area contributed by atoms with Gasteiger partial charge in [0.2, 0.25) is 6.10 Å². The van der Waals surface area contributed by atoms with Gasteiger partial charge in [-0.2, -0.15) is 13.2 Å². The van der Waals surface area contributed by atoms with Crippen LogP contribution in [0.4, 0.5) is 13.2 Å².